The lowest BCUT2D eigenvalue weighted by molar-refractivity contribution is -0.138. The number of halogens is 7. The molecule has 7 heteroatoms. The molecule has 0 bridgehead atoms. The van der Waals surface area contributed by atoms with Crippen molar-refractivity contribution in [3.8, 4) is 11.1 Å². The van der Waals surface area contributed by atoms with Crippen molar-refractivity contribution in [2.24, 2.45) is 0 Å². The molecule has 0 saturated carbocycles. The van der Waals surface area contributed by atoms with E-state index in [1.165, 1.54) is 18.2 Å². The average molecular weight is 339 g/mol. The van der Waals surface area contributed by atoms with Crippen LogP contribution in [0, 0.1) is 0 Å². The Balaban J connectivity index is 2.44. The van der Waals surface area contributed by atoms with E-state index in [2.05, 4.69) is 0 Å². The molecule has 2 rings (SSSR count). The fourth-order valence-corrected chi connectivity index (χ4v) is 2.22. The van der Waals surface area contributed by atoms with Crippen molar-refractivity contribution in [3.63, 3.8) is 0 Å². The van der Waals surface area contributed by atoms with Crippen LogP contribution in [0.1, 0.15) is 16.7 Å². The highest BCUT2D eigenvalue weighted by atomic mass is 35.5. The molecule has 0 aliphatic carbocycles. The fourth-order valence-electron chi connectivity index (χ4n) is 2.00. The Morgan fingerprint density at radius 3 is 1.68 bits per heavy atom. The second-order valence-corrected chi connectivity index (χ2v) is 4.85. The first-order valence-corrected chi connectivity index (χ1v) is 6.60. The van der Waals surface area contributed by atoms with Crippen LogP contribution in [0.4, 0.5) is 26.3 Å². The Bertz CT molecular complexity index is 655. The molecular formula is C15H9ClF6. The van der Waals surface area contributed by atoms with Gasteiger partial charge in [0.25, 0.3) is 0 Å². The van der Waals surface area contributed by atoms with E-state index in [1.807, 2.05) is 0 Å². The van der Waals surface area contributed by atoms with Crippen molar-refractivity contribution in [2.75, 3.05) is 0 Å². The van der Waals surface area contributed by atoms with Crippen molar-refractivity contribution in [2.45, 2.75) is 18.2 Å². The predicted molar refractivity (Wildman–Crippen MR) is 71.4 cm³/mol. The summed E-state index contributed by atoms with van der Waals surface area (Å²) in [6.07, 6.45) is -8.96. The maximum atomic E-state index is 12.7. The third kappa shape index (κ3) is 3.55. The summed E-state index contributed by atoms with van der Waals surface area (Å²) in [5, 5.41) is 0. The summed E-state index contributed by atoms with van der Waals surface area (Å²) < 4.78 is 75.5. The van der Waals surface area contributed by atoms with E-state index in [-0.39, 0.29) is 11.4 Å². The van der Waals surface area contributed by atoms with E-state index < -0.39 is 23.5 Å². The van der Waals surface area contributed by atoms with Crippen LogP contribution < -0.4 is 0 Å². The van der Waals surface area contributed by atoms with Crippen LogP contribution in [0.15, 0.2) is 42.5 Å². The maximum absolute atomic E-state index is 12.7. The molecule has 0 radical (unpaired) electrons. The van der Waals surface area contributed by atoms with E-state index >= 15 is 0 Å². The Hall–Kier alpha value is -1.69. The fraction of sp³-hybridized carbons (Fsp3) is 0.200. The Labute approximate surface area is 127 Å². The van der Waals surface area contributed by atoms with Gasteiger partial charge < -0.3 is 0 Å². The van der Waals surface area contributed by atoms with Crippen molar-refractivity contribution in [3.05, 3.63) is 59.2 Å². The first-order chi connectivity index (χ1) is 10.1. The van der Waals surface area contributed by atoms with E-state index in [0.29, 0.717) is 11.1 Å². The molecule has 0 atom stereocenters. The number of rotatable bonds is 2. The van der Waals surface area contributed by atoms with E-state index in [4.69, 9.17) is 11.6 Å². The zero-order valence-corrected chi connectivity index (χ0v) is 11.7. The number of hydrogen-bond acceptors (Lipinski definition) is 0. The topological polar surface area (TPSA) is 0 Å². The molecule has 0 amide bonds. The van der Waals surface area contributed by atoms with Gasteiger partial charge >= 0.3 is 12.4 Å². The first-order valence-electron chi connectivity index (χ1n) is 6.06. The maximum Gasteiger partial charge on any atom is 0.416 e. The van der Waals surface area contributed by atoms with Gasteiger partial charge in [0, 0.05) is 5.88 Å². The zero-order valence-electron chi connectivity index (χ0n) is 10.9. The van der Waals surface area contributed by atoms with E-state index in [9.17, 15) is 26.3 Å². The molecule has 2 aromatic carbocycles. The number of benzene rings is 2. The molecule has 0 heterocycles. The second-order valence-electron chi connectivity index (χ2n) is 4.58. The van der Waals surface area contributed by atoms with E-state index in [0.717, 1.165) is 24.3 Å². The second kappa shape index (κ2) is 5.83. The molecule has 0 nitrogen and oxygen atoms in total. The van der Waals surface area contributed by atoms with Crippen LogP contribution in [0.25, 0.3) is 11.1 Å². The molecule has 0 aromatic heterocycles. The minimum atomic E-state index is -4.50. The molecule has 0 aliphatic rings. The molecule has 0 saturated heterocycles. The van der Waals surface area contributed by atoms with E-state index in [1.54, 1.807) is 0 Å². The lowest BCUT2D eigenvalue weighted by Crippen LogP contribution is -2.06. The Morgan fingerprint density at radius 2 is 1.23 bits per heavy atom. The summed E-state index contributed by atoms with van der Waals surface area (Å²) in [6, 6.07) is 7.17. The summed E-state index contributed by atoms with van der Waals surface area (Å²) in [6.45, 7) is 0. The Morgan fingerprint density at radius 1 is 0.727 bits per heavy atom. The van der Waals surface area contributed by atoms with Crippen molar-refractivity contribution >= 4 is 11.6 Å². The van der Waals surface area contributed by atoms with Gasteiger partial charge in [-0.1, -0.05) is 18.2 Å². The highest BCUT2D eigenvalue weighted by Gasteiger charge is 2.31. The SMILES string of the molecule is FC(F)(F)c1ccc(-c2ccc(C(F)(F)F)cc2CCl)cc1. The smallest absolute Gasteiger partial charge is 0.166 e. The normalized spacial score (nSPS) is 12.5. The first kappa shape index (κ1) is 16.7. The zero-order chi connectivity index (χ0) is 16.5. The molecule has 0 N–H and O–H groups in total. The standard InChI is InChI=1S/C15H9ClF6/c16-8-10-7-12(15(20,21)22)5-6-13(10)9-1-3-11(4-2-9)14(17,18)19/h1-7H,8H2. The van der Waals surface area contributed by atoms with Crippen molar-refractivity contribution in [1.29, 1.82) is 0 Å². The van der Waals surface area contributed by atoms with Crippen molar-refractivity contribution < 1.29 is 26.3 Å². The molecule has 0 aliphatic heterocycles. The van der Waals surface area contributed by atoms with Gasteiger partial charge in [0.2, 0.25) is 0 Å². The van der Waals surface area contributed by atoms with Crippen LogP contribution in [0.2, 0.25) is 0 Å². The highest BCUT2D eigenvalue weighted by Crippen LogP contribution is 2.35. The van der Waals surface area contributed by atoms with Gasteiger partial charge in [0.15, 0.2) is 0 Å². The summed E-state index contributed by atoms with van der Waals surface area (Å²) in [5.41, 5.74) is -0.722. The molecule has 0 unspecified atom stereocenters. The molecule has 22 heavy (non-hydrogen) atoms. The van der Waals surface area contributed by atoms with Gasteiger partial charge in [-0.15, -0.1) is 11.6 Å². The number of alkyl halides is 7. The van der Waals surface area contributed by atoms with Gasteiger partial charge in [-0.05, 0) is 41.0 Å². The minimum Gasteiger partial charge on any atom is -0.166 e. The Kier molecular flexibility index (Phi) is 4.42. The molecule has 0 fully saturated rings. The molecule has 118 valence electrons. The van der Waals surface area contributed by atoms with Crippen LogP contribution in [-0.2, 0) is 18.2 Å². The third-order valence-corrected chi connectivity index (χ3v) is 3.39. The average Bonchev–Trinajstić information content (AvgIpc) is 2.45. The minimum absolute atomic E-state index is 0.180. The third-order valence-electron chi connectivity index (χ3n) is 3.10. The largest absolute Gasteiger partial charge is 0.416 e. The predicted octanol–water partition coefficient (Wildman–Crippen LogP) is 6.13. The van der Waals surface area contributed by atoms with Crippen LogP contribution in [0.5, 0.6) is 0 Å². The van der Waals surface area contributed by atoms with Gasteiger partial charge in [-0.25, -0.2) is 0 Å². The van der Waals surface area contributed by atoms with Crippen molar-refractivity contribution in [1.82, 2.24) is 0 Å². The summed E-state index contributed by atoms with van der Waals surface area (Å²) in [4.78, 5) is 0. The van der Waals surface area contributed by atoms with Gasteiger partial charge in [0.05, 0.1) is 11.1 Å². The quantitative estimate of drug-likeness (QED) is 0.456. The highest BCUT2D eigenvalue weighted by molar-refractivity contribution is 6.17. The summed E-state index contributed by atoms with van der Waals surface area (Å²) >= 11 is 5.66. The molecule has 2 aromatic rings. The lowest BCUT2D eigenvalue weighted by atomic mass is 9.97. The molecule has 0 spiro atoms. The van der Waals surface area contributed by atoms with Gasteiger partial charge in [-0.2, -0.15) is 26.3 Å². The lowest BCUT2D eigenvalue weighted by Gasteiger charge is -2.13. The van der Waals surface area contributed by atoms with Crippen LogP contribution in [-0.4, -0.2) is 0 Å². The number of hydrogen-bond donors (Lipinski definition) is 0. The monoisotopic (exact) mass is 338 g/mol. The molecular weight excluding hydrogens is 330 g/mol. The van der Waals surface area contributed by atoms with Gasteiger partial charge in [-0.3, -0.25) is 0 Å². The summed E-state index contributed by atoms with van der Waals surface area (Å²) in [5.74, 6) is -0.180. The van der Waals surface area contributed by atoms with Crippen LogP contribution >= 0.6 is 11.6 Å². The van der Waals surface area contributed by atoms with Crippen LogP contribution in [0.3, 0.4) is 0 Å². The van der Waals surface area contributed by atoms with Gasteiger partial charge in [0.1, 0.15) is 0 Å². The summed E-state index contributed by atoms with van der Waals surface area (Å²) in [7, 11) is 0.